The van der Waals surface area contributed by atoms with Crippen LogP contribution in [-0.2, 0) is 19.7 Å². The Morgan fingerprint density at radius 2 is 1.81 bits per heavy atom. The number of furan rings is 1. The van der Waals surface area contributed by atoms with E-state index in [-0.39, 0.29) is 12.3 Å². The highest BCUT2D eigenvalue weighted by molar-refractivity contribution is 5.80. The van der Waals surface area contributed by atoms with Crippen LogP contribution in [0.4, 0.5) is 0 Å². The number of aromatic nitrogens is 4. The molecule has 27 heavy (non-hydrogen) atoms. The van der Waals surface area contributed by atoms with Crippen molar-refractivity contribution in [2.24, 2.45) is 0 Å². The van der Waals surface area contributed by atoms with Gasteiger partial charge in [0.1, 0.15) is 12.4 Å². The maximum Gasteiger partial charge on any atom is 0.329 e. The van der Waals surface area contributed by atoms with E-state index < -0.39 is 0 Å². The molecule has 3 heterocycles. The minimum atomic E-state index is -0.154. The van der Waals surface area contributed by atoms with E-state index in [1.54, 1.807) is 27.5 Å². The number of imidazole rings is 2. The first-order chi connectivity index (χ1) is 13.1. The van der Waals surface area contributed by atoms with Gasteiger partial charge in [0.15, 0.2) is 11.6 Å². The largest absolute Gasteiger partial charge is 0.455 e. The smallest absolute Gasteiger partial charge is 0.329 e. The molecular weight excluding hydrogens is 344 g/mol. The summed E-state index contributed by atoms with van der Waals surface area (Å²) >= 11 is 0. The maximum absolute atomic E-state index is 12.7. The molecule has 1 N–H and O–H groups in total. The van der Waals surface area contributed by atoms with Crippen LogP contribution in [0.25, 0.3) is 28.3 Å². The average Bonchev–Trinajstić information content (AvgIpc) is 3.37. The molecule has 0 unspecified atom stereocenters. The van der Waals surface area contributed by atoms with Crippen molar-refractivity contribution in [3.63, 3.8) is 0 Å². The van der Waals surface area contributed by atoms with Gasteiger partial charge in [-0.2, -0.15) is 0 Å². The highest BCUT2D eigenvalue weighted by atomic mass is 16.4. The van der Waals surface area contributed by atoms with Crippen LogP contribution in [0.15, 0.2) is 45.9 Å². The van der Waals surface area contributed by atoms with Crippen molar-refractivity contribution in [1.82, 2.24) is 18.7 Å². The molecule has 4 aromatic rings. The van der Waals surface area contributed by atoms with Gasteiger partial charge in [0.25, 0.3) is 0 Å². The van der Waals surface area contributed by atoms with Crippen molar-refractivity contribution in [1.29, 1.82) is 0 Å². The number of hydrogen-bond donors (Lipinski definition) is 1. The van der Waals surface area contributed by atoms with Crippen molar-refractivity contribution < 1.29 is 9.52 Å². The molecule has 0 radical (unpaired) electrons. The molecule has 0 spiro atoms. The molecule has 0 aliphatic carbocycles. The van der Waals surface area contributed by atoms with Gasteiger partial charge in [0.2, 0.25) is 0 Å². The Morgan fingerprint density at radius 1 is 1.11 bits per heavy atom. The summed E-state index contributed by atoms with van der Waals surface area (Å²) in [7, 11) is 0. The van der Waals surface area contributed by atoms with Crippen molar-refractivity contribution >= 4 is 11.0 Å². The molecule has 0 aliphatic rings. The maximum atomic E-state index is 12.7. The monoisotopic (exact) mass is 366 g/mol. The molecule has 7 heteroatoms. The number of aryl methyl sites for hydroxylation is 3. The van der Waals surface area contributed by atoms with Gasteiger partial charge >= 0.3 is 5.69 Å². The summed E-state index contributed by atoms with van der Waals surface area (Å²) in [6, 6.07) is 7.61. The standard InChI is InChI=1S/C20H22N4O3/c1-4-22-16-10-13(3)15(11-17(16)23(5-2)20(22)26)24-9-8-21-19(24)18-7-6-14(12-25)27-18/h6-11,25H,4-5,12H2,1-3H3. The fourth-order valence-corrected chi connectivity index (χ4v) is 3.59. The first-order valence-electron chi connectivity index (χ1n) is 9.06. The van der Waals surface area contributed by atoms with Crippen LogP contribution >= 0.6 is 0 Å². The summed E-state index contributed by atoms with van der Waals surface area (Å²) < 4.78 is 11.2. The van der Waals surface area contributed by atoms with Crippen LogP contribution in [0.3, 0.4) is 0 Å². The van der Waals surface area contributed by atoms with E-state index in [1.165, 1.54) is 0 Å². The van der Waals surface area contributed by atoms with Crippen LogP contribution in [-0.4, -0.2) is 23.8 Å². The Kier molecular flexibility index (Phi) is 4.24. The Bertz CT molecular complexity index is 1180. The summed E-state index contributed by atoms with van der Waals surface area (Å²) in [5.74, 6) is 1.73. The minimum absolute atomic E-state index is 0.0102. The normalized spacial score (nSPS) is 11.6. The molecular formula is C20H22N4O3. The van der Waals surface area contributed by atoms with Crippen LogP contribution < -0.4 is 5.69 Å². The molecule has 3 aromatic heterocycles. The van der Waals surface area contributed by atoms with E-state index in [9.17, 15) is 9.90 Å². The van der Waals surface area contributed by atoms with Crippen LogP contribution in [0.2, 0.25) is 0 Å². The molecule has 7 nitrogen and oxygen atoms in total. The van der Waals surface area contributed by atoms with E-state index in [2.05, 4.69) is 4.98 Å². The van der Waals surface area contributed by atoms with Gasteiger partial charge in [0.05, 0.1) is 16.7 Å². The van der Waals surface area contributed by atoms with Crippen LogP contribution in [0, 0.1) is 6.92 Å². The zero-order valence-corrected chi connectivity index (χ0v) is 15.6. The second kappa shape index (κ2) is 6.59. The number of aliphatic hydroxyl groups excluding tert-OH is 1. The van der Waals surface area contributed by atoms with Gasteiger partial charge in [-0.3, -0.25) is 13.7 Å². The van der Waals surface area contributed by atoms with Gasteiger partial charge < -0.3 is 9.52 Å². The zero-order chi connectivity index (χ0) is 19.1. The third-order valence-electron chi connectivity index (χ3n) is 4.91. The quantitative estimate of drug-likeness (QED) is 0.589. The second-order valence-electron chi connectivity index (χ2n) is 6.44. The average molecular weight is 366 g/mol. The molecule has 0 atom stereocenters. The van der Waals surface area contributed by atoms with E-state index in [0.29, 0.717) is 30.4 Å². The van der Waals surface area contributed by atoms with Crippen molar-refractivity contribution in [3.8, 4) is 17.3 Å². The molecule has 1 aromatic carbocycles. The summed E-state index contributed by atoms with van der Waals surface area (Å²) in [6.45, 7) is 7.07. The molecule has 0 bridgehead atoms. The molecule has 0 saturated heterocycles. The van der Waals surface area contributed by atoms with Crippen molar-refractivity contribution in [3.05, 3.63) is 58.5 Å². The van der Waals surface area contributed by atoms with Crippen LogP contribution in [0.1, 0.15) is 25.2 Å². The summed E-state index contributed by atoms with van der Waals surface area (Å²) in [5, 5.41) is 9.25. The zero-order valence-electron chi connectivity index (χ0n) is 15.6. The lowest BCUT2D eigenvalue weighted by Gasteiger charge is -2.11. The Balaban J connectivity index is 1.94. The fraction of sp³-hybridized carbons (Fsp3) is 0.300. The molecule has 0 fully saturated rings. The number of hydrogen-bond acceptors (Lipinski definition) is 4. The van der Waals surface area contributed by atoms with Gasteiger partial charge in [-0.15, -0.1) is 0 Å². The molecule has 4 rings (SSSR count). The van der Waals surface area contributed by atoms with Crippen LogP contribution in [0.5, 0.6) is 0 Å². The van der Waals surface area contributed by atoms with Crippen molar-refractivity contribution in [2.45, 2.75) is 40.5 Å². The molecule has 0 amide bonds. The number of rotatable bonds is 5. The third kappa shape index (κ3) is 2.62. The first-order valence-corrected chi connectivity index (χ1v) is 9.06. The van der Waals surface area contributed by atoms with E-state index in [1.807, 2.05) is 43.7 Å². The summed E-state index contributed by atoms with van der Waals surface area (Å²) in [5.41, 5.74) is 3.82. The number of aliphatic hydroxyl groups is 1. The molecule has 140 valence electrons. The van der Waals surface area contributed by atoms with Gasteiger partial charge in [-0.1, -0.05) is 0 Å². The Morgan fingerprint density at radius 3 is 2.44 bits per heavy atom. The summed E-state index contributed by atoms with van der Waals surface area (Å²) in [6.07, 6.45) is 3.58. The Labute approximate surface area is 156 Å². The first kappa shape index (κ1) is 17.4. The predicted molar refractivity (Wildman–Crippen MR) is 103 cm³/mol. The lowest BCUT2D eigenvalue weighted by atomic mass is 10.1. The SMILES string of the molecule is CCn1c(=O)n(CC)c2cc(-n3ccnc3-c3ccc(CO)o3)c(C)cc21. The van der Waals surface area contributed by atoms with Crippen molar-refractivity contribution in [2.75, 3.05) is 0 Å². The van der Waals surface area contributed by atoms with Gasteiger partial charge in [-0.05, 0) is 50.6 Å². The minimum Gasteiger partial charge on any atom is -0.455 e. The number of fused-ring (bicyclic) bond motifs is 1. The van der Waals surface area contributed by atoms with E-state index in [4.69, 9.17) is 4.42 Å². The predicted octanol–water partition coefficient (Wildman–Crippen LogP) is 3.09. The highest BCUT2D eigenvalue weighted by Crippen LogP contribution is 2.28. The second-order valence-corrected chi connectivity index (χ2v) is 6.44. The fourth-order valence-electron chi connectivity index (χ4n) is 3.59. The molecule has 0 aliphatic heterocycles. The number of nitrogens with zero attached hydrogens (tertiary/aromatic N) is 4. The Hall–Kier alpha value is -3.06. The van der Waals surface area contributed by atoms with E-state index in [0.717, 1.165) is 22.3 Å². The summed E-state index contributed by atoms with van der Waals surface area (Å²) in [4.78, 5) is 17.1. The molecule has 0 saturated carbocycles. The number of benzene rings is 1. The van der Waals surface area contributed by atoms with E-state index >= 15 is 0 Å². The van der Waals surface area contributed by atoms with Gasteiger partial charge in [-0.25, -0.2) is 9.78 Å². The van der Waals surface area contributed by atoms with Gasteiger partial charge in [0, 0.05) is 25.5 Å². The topological polar surface area (TPSA) is 78.1 Å². The lowest BCUT2D eigenvalue weighted by molar-refractivity contribution is 0.248. The highest BCUT2D eigenvalue weighted by Gasteiger charge is 2.17. The lowest BCUT2D eigenvalue weighted by Crippen LogP contribution is -2.23. The third-order valence-corrected chi connectivity index (χ3v) is 4.91.